The zero-order valence-electron chi connectivity index (χ0n) is 7.26. The van der Waals surface area contributed by atoms with Crippen molar-refractivity contribution in [1.82, 2.24) is 0 Å². The van der Waals surface area contributed by atoms with Crippen LogP contribution >= 0.6 is 0 Å². The van der Waals surface area contributed by atoms with Crippen LogP contribution in [0.2, 0.25) is 0 Å². The molecule has 0 aromatic heterocycles. The summed E-state index contributed by atoms with van der Waals surface area (Å²) < 4.78 is 0. The maximum absolute atomic E-state index is 10.2. The van der Waals surface area contributed by atoms with Crippen LogP contribution in [0.4, 0.5) is 0 Å². The Balaban J connectivity index is 3.25. The number of carbonyl (C=O) groups is 1. The third-order valence-electron chi connectivity index (χ3n) is 2.04. The second-order valence-corrected chi connectivity index (χ2v) is 3.20. The van der Waals surface area contributed by atoms with E-state index in [1.807, 2.05) is 6.92 Å². The molecular formula is C9H18O. The maximum Gasteiger partial charge on any atom is 0.122 e. The average molecular weight is 142 g/mol. The lowest BCUT2D eigenvalue weighted by molar-refractivity contribution is -0.110. The van der Waals surface area contributed by atoms with Gasteiger partial charge >= 0.3 is 0 Å². The van der Waals surface area contributed by atoms with Crippen molar-refractivity contribution in [2.75, 3.05) is 0 Å². The van der Waals surface area contributed by atoms with Gasteiger partial charge in [0.25, 0.3) is 0 Å². The first-order chi connectivity index (χ1) is 4.70. The molecule has 10 heavy (non-hydrogen) atoms. The van der Waals surface area contributed by atoms with E-state index in [1.54, 1.807) is 0 Å². The molecule has 0 fully saturated rings. The summed E-state index contributed by atoms with van der Waals surface area (Å²) in [5.74, 6) is 1.04. The second kappa shape index (κ2) is 5.45. The van der Waals surface area contributed by atoms with Crippen LogP contribution in [0, 0.1) is 11.8 Å². The lowest BCUT2D eigenvalue weighted by Gasteiger charge is -2.08. The standard InChI is InChI=1S/C9H18O/c1-4-8(2)5-6-9(3)7-10/h7-9H,4-6H2,1-3H3/t8-,9+/m0/s1. The topological polar surface area (TPSA) is 17.1 Å². The fraction of sp³-hybridized carbons (Fsp3) is 0.889. The first kappa shape index (κ1) is 9.67. The maximum atomic E-state index is 10.2. The van der Waals surface area contributed by atoms with Gasteiger partial charge in [0.2, 0.25) is 0 Å². The molecule has 0 aliphatic carbocycles. The molecule has 0 amide bonds. The van der Waals surface area contributed by atoms with Crippen molar-refractivity contribution in [2.45, 2.75) is 40.0 Å². The second-order valence-electron chi connectivity index (χ2n) is 3.20. The molecule has 60 valence electrons. The zero-order valence-corrected chi connectivity index (χ0v) is 7.26. The summed E-state index contributed by atoms with van der Waals surface area (Å²) in [4.78, 5) is 10.2. The number of aldehydes is 1. The molecule has 0 N–H and O–H groups in total. The molecule has 0 aromatic rings. The SMILES string of the molecule is CC[C@H](C)CC[C@@H](C)C=O. The van der Waals surface area contributed by atoms with Crippen LogP contribution in [0.15, 0.2) is 0 Å². The monoisotopic (exact) mass is 142 g/mol. The van der Waals surface area contributed by atoms with Gasteiger partial charge in [0, 0.05) is 5.92 Å². The highest BCUT2D eigenvalue weighted by atomic mass is 16.1. The molecule has 0 bridgehead atoms. The summed E-state index contributed by atoms with van der Waals surface area (Å²) in [5.41, 5.74) is 0. The van der Waals surface area contributed by atoms with E-state index in [-0.39, 0.29) is 5.92 Å². The van der Waals surface area contributed by atoms with Gasteiger partial charge < -0.3 is 4.79 Å². The molecule has 0 heterocycles. The third-order valence-corrected chi connectivity index (χ3v) is 2.04. The molecule has 0 aliphatic heterocycles. The largest absolute Gasteiger partial charge is 0.303 e. The fourth-order valence-corrected chi connectivity index (χ4v) is 0.820. The van der Waals surface area contributed by atoms with Gasteiger partial charge in [-0.05, 0) is 12.3 Å². The van der Waals surface area contributed by atoms with Crippen molar-refractivity contribution in [3.63, 3.8) is 0 Å². The van der Waals surface area contributed by atoms with E-state index < -0.39 is 0 Å². The van der Waals surface area contributed by atoms with Gasteiger partial charge in [-0.1, -0.05) is 33.6 Å². The first-order valence-electron chi connectivity index (χ1n) is 4.16. The summed E-state index contributed by atoms with van der Waals surface area (Å²) in [6.45, 7) is 6.41. The molecular weight excluding hydrogens is 124 g/mol. The molecule has 1 nitrogen and oxygen atoms in total. The highest BCUT2D eigenvalue weighted by molar-refractivity contribution is 5.52. The third kappa shape index (κ3) is 4.54. The van der Waals surface area contributed by atoms with Gasteiger partial charge in [-0.15, -0.1) is 0 Å². The number of rotatable bonds is 5. The van der Waals surface area contributed by atoms with Crippen LogP contribution in [0.1, 0.15) is 40.0 Å². The van der Waals surface area contributed by atoms with Crippen molar-refractivity contribution in [1.29, 1.82) is 0 Å². The molecule has 0 aliphatic rings. The fourth-order valence-electron chi connectivity index (χ4n) is 0.820. The minimum absolute atomic E-state index is 0.258. The summed E-state index contributed by atoms with van der Waals surface area (Å²) in [6.07, 6.45) is 4.52. The van der Waals surface area contributed by atoms with Crippen LogP contribution in [-0.2, 0) is 4.79 Å². The van der Waals surface area contributed by atoms with E-state index in [1.165, 1.54) is 12.8 Å². The predicted octanol–water partition coefficient (Wildman–Crippen LogP) is 2.65. The Morgan fingerprint density at radius 1 is 1.30 bits per heavy atom. The Morgan fingerprint density at radius 3 is 2.30 bits per heavy atom. The summed E-state index contributed by atoms with van der Waals surface area (Å²) >= 11 is 0. The zero-order chi connectivity index (χ0) is 7.98. The minimum Gasteiger partial charge on any atom is -0.303 e. The van der Waals surface area contributed by atoms with Crippen LogP contribution in [0.5, 0.6) is 0 Å². The molecule has 2 atom stereocenters. The van der Waals surface area contributed by atoms with Crippen molar-refractivity contribution in [3.05, 3.63) is 0 Å². The Hall–Kier alpha value is -0.330. The Labute approximate surface area is 63.8 Å². The number of hydrogen-bond donors (Lipinski definition) is 0. The van der Waals surface area contributed by atoms with Crippen LogP contribution < -0.4 is 0 Å². The minimum atomic E-state index is 0.258. The van der Waals surface area contributed by atoms with Crippen LogP contribution in [-0.4, -0.2) is 6.29 Å². The van der Waals surface area contributed by atoms with Gasteiger partial charge in [-0.3, -0.25) is 0 Å². The molecule has 0 unspecified atom stereocenters. The van der Waals surface area contributed by atoms with E-state index >= 15 is 0 Å². The molecule has 0 saturated heterocycles. The molecule has 0 saturated carbocycles. The summed E-state index contributed by atoms with van der Waals surface area (Å²) in [7, 11) is 0. The predicted molar refractivity (Wildman–Crippen MR) is 43.9 cm³/mol. The highest BCUT2D eigenvalue weighted by Crippen LogP contribution is 2.12. The smallest absolute Gasteiger partial charge is 0.122 e. The molecule has 0 aromatic carbocycles. The van der Waals surface area contributed by atoms with Gasteiger partial charge in [0.05, 0.1) is 0 Å². The lowest BCUT2D eigenvalue weighted by Crippen LogP contribution is -1.99. The van der Waals surface area contributed by atoms with Gasteiger partial charge in [0.1, 0.15) is 6.29 Å². The van der Waals surface area contributed by atoms with Crippen molar-refractivity contribution in [2.24, 2.45) is 11.8 Å². The van der Waals surface area contributed by atoms with Crippen molar-refractivity contribution < 1.29 is 4.79 Å². The molecule has 0 radical (unpaired) electrons. The van der Waals surface area contributed by atoms with E-state index in [2.05, 4.69) is 13.8 Å². The summed E-state index contributed by atoms with van der Waals surface area (Å²) in [6, 6.07) is 0. The average Bonchev–Trinajstić information content (AvgIpc) is 1.99. The molecule has 1 heteroatoms. The Bertz CT molecular complexity index is 88.7. The van der Waals surface area contributed by atoms with Gasteiger partial charge in [-0.25, -0.2) is 0 Å². The Morgan fingerprint density at radius 2 is 1.90 bits per heavy atom. The lowest BCUT2D eigenvalue weighted by atomic mass is 9.97. The van der Waals surface area contributed by atoms with E-state index in [4.69, 9.17) is 0 Å². The van der Waals surface area contributed by atoms with E-state index in [9.17, 15) is 4.79 Å². The normalized spacial score (nSPS) is 16.3. The summed E-state index contributed by atoms with van der Waals surface area (Å²) in [5, 5.41) is 0. The first-order valence-corrected chi connectivity index (χ1v) is 4.16. The van der Waals surface area contributed by atoms with Crippen molar-refractivity contribution in [3.8, 4) is 0 Å². The number of carbonyl (C=O) groups excluding carboxylic acids is 1. The quantitative estimate of drug-likeness (QED) is 0.539. The molecule has 0 spiro atoms. The van der Waals surface area contributed by atoms with Crippen molar-refractivity contribution >= 4 is 6.29 Å². The van der Waals surface area contributed by atoms with E-state index in [0.717, 1.165) is 18.6 Å². The van der Waals surface area contributed by atoms with Crippen LogP contribution in [0.3, 0.4) is 0 Å². The van der Waals surface area contributed by atoms with Gasteiger partial charge in [-0.2, -0.15) is 0 Å². The number of hydrogen-bond acceptors (Lipinski definition) is 1. The van der Waals surface area contributed by atoms with Gasteiger partial charge in [0.15, 0.2) is 0 Å². The molecule has 0 rings (SSSR count). The van der Waals surface area contributed by atoms with E-state index in [0.29, 0.717) is 0 Å². The highest BCUT2D eigenvalue weighted by Gasteiger charge is 2.02. The van der Waals surface area contributed by atoms with Crippen LogP contribution in [0.25, 0.3) is 0 Å². The Kier molecular flexibility index (Phi) is 5.27.